The molecule has 0 amide bonds. The Bertz CT molecular complexity index is 1240. The highest BCUT2D eigenvalue weighted by Gasteiger charge is 2.06. The van der Waals surface area contributed by atoms with Crippen molar-refractivity contribution < 1.29 is 20.4 Å². The SMILES string of the molecule is Oc1ccc(Cc2ccc(O)c(C=Nc3ccccc3O)c2)cc1C=Nc1ccccc1O. The first-order valence-corrected chi connectivity index (χ1v) is 10.3. The lowest BCUT2D eigenvalue weighted by molar-refractivity contribution is 0.473. The fourth-order valence-corrected chi connectivity index (χ4v) is 3.30. The Morgan fingerprint density at radius 2 is 0.939 bits per heavy atom. The second kappa shape index (κ2) is 9.70. The zero-order valence-corrected chi connectivity index (χ0v) is 17.6. The summed E-state index contributed by atoms with van der Waals surface area (Å²) in [5, 5.41) is 40.1. The van der Waals surface area contributed by atoms with E-state index in [9.17, 15) is 20.4 Å². The fourth-order valence-electron chi connectivity index (χ4n) is 3.30. The topological polar surface area (TPSA) is 106 Å². The third kappa shape index (κ3) is 5.37. The first kappa shape index (κ1) is 21.6. The van der Waals surface area contributed by atoms with Gasteiger partial charge in [-0.15, -0.1) is 0 Å². The summed E-state index contributed by atoms with van der Waals surface area (Å²) in [6.45, 7) is 0. The molecule has 0 bridgehead atoms. The predicted octanol–water partition coefficient (Wildman–Crippen LogP) is 5.60. The molecule has 0 spiro atoms. The molecule has 0 aliphatic rings. The van der Waals surface area contributed by atoms with Gasteiger partial charge in [-0.2, -0.15) is 0 Å². The molecule has 4 aromatic carbocycles. The van der Waals surface area contributed by atoms with Gasteiger partial charge in [-0.05, 0) is 66.1 Å². The molecule has 6 heteroatoms. The zero-order chi connectivity index (χ0) is 23.2. The highest BCUT2D eigenvalue weighted by molar-refractivity contribution is 5.87. The molecule has 4 rings (SSSR count). The molecule has 33 heavy (non-hydrogen) atoms. The summed E-state index contributed by atoms with van der Waals surface area (Å²) < 4.78 is 0. The Hall–Kier alpha value is -4.58. The molecule has 0 saturated carbocycles. The number of benzene rings is 4. The normalized spacial score (nSPS) is 11.4. The number of aliphatic imine (C=N–C) groups is 2. The van der Waals surface area contributed by atoms with Crippen molar-refractivity contribution in [3.63, 3.8) is 0 Å². The van der Waals surface area contributed by atoms with E-state index in [4.69, 9.17) is 0 Å². The first-order valence-electron chi connectivity index (χ1n) is 10.3. The molecule has 0 radical (unpaired) electrons. The molecular formula is C27H22N2O4. The second-order valence-corrected chi connectivity index (χ2v) is 7.46. The van der Waals surface area contributed by atoms with Crippen LogP contribution in [0.25, 0.3) is 0 Å². The summed E-state index contributed by atoms with van der Waals surface area (Å²) in [6.07, 6.45) is 3.57. The lowest BCUT2D eigenvalue weighted by atomic mass is 10.0. The van der Waals surface area contributed by atoms with Crippen LogP contribution in [0.3, 0.4) is 0 Å². The van der Waals surface area contributed by atoms with E-state index in [1.165, 1.54) is 12.4 Å². The van der Waals surface area contributed by atoms with Crippen molar-refractivity contribution >= 4 is 23.8 Å². The molecule has 0 unspecified atom stereocenters. The summed E-state index contributed by atoms with van der Waals surface area (Å²) in [4.78, 5) is 8.53. The number of aromatic hydroxyl groups is 4. The van der Waals surface area contributed by atoms with Crippen molar-refractivity contribution in [2.45, 2.75) is 6.42 Å². The lowest BCUT2D eigenvalue weighted by Gasteiger charge is -2.07. The molecular weight excluding hydrogens is 416 g/mol. The van der Waals surface area contributed by atoms with Crippen LogP contribution in [0.1, 0.15) is 22.3 Å². The molecule has 164 valence electrons. The number of hydrogen-bond acceptors (Lipinski definition) is 6. The third-order valence-electron chi connectivity index (χ3n) is 5.04. The Labute approximate surface area is 191 Å². The molecule has 4 N–H and O–H groups in total. The largest absolute Gasteiger partial charge is 0.507 e. The highest BCUT2D eigenvalue weighted by atomic mass is 16.3. The smallest absolute Gasteiger partial charge is 0.141 e. The Balaban J connectivity index is 1.56. The third-order valence-corrected chi connectivity index (χ3v) is 5.04. The van der Waals surface area contributed by atoms with Gasteiger partial charge in [0.2, 0.25) is 0 Å². The first-order chi connectivity index (χ1) is 16.0. The van der Waals surface area contributed by atoms with E-state index in [0.29, 0.717) is 28.9 Å². The summed E-state index contributed by atoms with van der Waals surface area (Å²) >= 11 is 0. The summed E-state index contributed by atoms with van der Waals surface area (Å²) in [7, 11) is 0. The Morgan fingerprint density at radius 1 is 0.515 bits per heavy atom. The molecule has 6 nitrogen and oxygen atoms in total. The minimum atomic E-state index is 0.0616. The standard InChI is InChI=1S/C27H22N2O4/c30-24-11-9-18(14-20(24)16-28-22-5-1-3-7-26(22)32)13-19-10-12-25(31)21(15-19)17-29-23-6-2-4-8-27(23)33/h1-12,14-17,30-33H,13H2. The summed E-state index contributed by atoms with van der Waals surface area (Å²) in [5.74, 6) is 0.288. The maximum atomic E-state index is 10.2. The molecule has 0 aromatic heterocycles. The molecule has 0 aliphatic heterocycles. The number of phenolic OH excluding ortho intramolecular Hbond substituents is 4. The molecule has 0 fully saturated rings. The minimum absolute atomic E-state index is 0.0616. The van der Waals surface area contributed by atoms with Crippen molar-refractivity contribution in [1.82, 2.24) is 0 Å². The molecule has 0 saturated heterocycles. The van der Waals surface area contributed by atoms with Gasteiger partial charge in [0.15, 0.2) is 0 Å². The zero-order valence-electron chi connectivity index (χ0n) is 17.6. The molecule has 0 heterocycles. The lowest BCUT2D eigenvalue weighted by Crippen LogP contribution is -1.93. The summed E-state index contributed by atoms with van der Waals surface area (Å²) in [5.41, 5.74) is 3.73. The second-order valence-electron chi connectivity index (χ2n) is 7.46. The van der Waals surface area contributed by atoms with Crippen LogP contribution >= 0.6 is 0 Å². The van der Waals surface area contributed by atoms with E-state index in [0.717, 1.165) is 11.1 Å². The number of para-hydroxylation sites is 4. The van der Waals surface area contributed by atoms with Crippen LogP contribution in [-0.2, 0) is 6.42 Å². The number of phenols is 4. The average Bonchev–Trinajstić information content (AvgIpc) is 2.81. The van der Waals surface area contributed by atoms with E-state index < -0.39 is 0 Å². The maximum Gasteiger partial charge on any atom is 0.141 e. The molecule has 0 atom stereocenters. The van der Waals surface area contributed by atoms with Crippen LogP contribution in [0.2, 0.25) is 0 Å². The van der Waals surface area contributed by atoms with Crippen LogP contribution in [0, 0.1) is 0 Å². The van der Waals surface area contributed by atoms with Gasteiger partial charge in [-0.3, -0.25) is 9.98 Å². The van der Waals surface area contributed by atoms with Crippen molar-refractivity contribution in [2.75, 3.05) is 0 Å². The highest BCUT2D eigenvalue weighted by Crippen LogP contribution is 2.28. The number of nitrogens with zero attached hydrogens (tertiary/aromatic N) is 2. The van der Waals surface area contributed by atoms with Crippen LogP contribution in [0.15, 0.2) is 94.9 Å². The van der Waals surface area contributed by atoms with Crippen molar-refractivity contribution in [3.8, 4) is 23.0 Å². The van der Waals surface area contributed by atoms with Gasteiger partial charge < -0.3 is 20.4 Å². The van der Waals surface area contributed by atoms with Crippen molar-refractivity contribution in [2.24, 2.45) is 9.98 Å². The quantitative estimate of drug-likeness (QED) is 0.294. The van der Waals surface area contributed by atoms with Gasteiger partial charge in [-0.1, -0.05) is 36.4 Å². The van der Waals surface area contributed by atoms with Crippen LogP contribution in [-0.4, -0.2) is 32.9 Å². The molecule has 4 aromatic rings. The van der Waals surface area contributed by atoms with Crippen LogP contribution in [0.4, 0.5) is 11.4 Å². The van der Waals surface area contributed by atoms with E-state index in [1.807, 2.05) is 24.3 Å². The van der Waals surface area contributed by atoms with E-state index in [1.54, 1.807) is 60.7 Å². The van der Waals surface area contributed by atoms with E-state index in [2.05, 4.69) is 9.98 Å². The predicted molar refractivity (Wildman–Crippen MR) is 130 cm³/mol. The van der Waals surface area contributed by atoms with Gasteiger partial charge in [0.1, 0.15) is 34.4 Å². The van der Waals surface area contributed by atoms with Crippen LogP contribution in [0.5, 0.6) is 23.0 Å². The maximum absolute atomic E-state index is 10.2. The Kier molecular flexibility index (Phi) is 6.36. The average molecular weight is 438 g/mol. The van der Waals surface area contributed by atoms with Crippen LogP contribution < -0.4 is 0 Å². The minimum Gasteiger partial charge on any atom is -0.507 e. The Morgan fingerprint density at radius 3 is 1.36 bits per heavy atom. The van der Waals surface area contributed by atoms with Gasteiger partial charge in [-0.25, -0.2) is 0 Å². The van der Waals surface area contributed by atoms with Gasteiger partial charge >= 0.3 is 0 Å². The summed E-state index contributed by atoms with van der Waals surface area (Å²) in [6, 6.07) is 23.9. The molecule has 0 aliphatic carbocycles. The van der Waals surface area contributed by atoms with E-state index in [-0.39, 0.29) is 23.0 Å². The van der Waals surface area contributed by atoms with Crippen molar-refractivity contribution in [3.05, 3.63) is 107 Å². The van der Waals surface area contributed by atoms with Gasteiger partial charge in [0.05, 0.1) is 0 Å². The number of rotatable bonds is 6. The fraction of sp³-hybridized carbons (Fsp3) is 0.0370. The monoisotopic (exact) mass is 438 g/mol. The van der Waals surface area contributed by atoms with Gasteiger partial charge in [0.25, 0.3) is 0 Å². The van der Waals surface area contributed by atoms with Crippen molar-refractivity contribution in [1.29, 1.82) is 0 Å². The van der Waals surface area contributed by atoms with Gasteiger partial charge in [0, 0.05) is 23.6 Å². The number of hydrogen-bond donors (Lipinski definition) is 4. The van der Waals surface area contributed by atoms with E-state index >= 15 is 0 Å².